The second kappa shape index (κ2) is 6.99. The van der Waals surface area contributed by atoms with Gasteiger partial charge in [0.25, 0.3) is 0 Å². The molecule has 1 aromatic heterocycles. The molecule has 0 bridgehead atoms. The maximum atomic E-state index is 5.42. The van der Waals surface area contributed by atoms with Gasteiger partial charge in [0, 0.05) is 38.5 Å². The molecule has 0 saturated heterocycles. The Labute approximate surface area is 124 Å². The lowest BCUT2D eigenvalue weighted by molar-refractivity contribution is 0.366. The lowest BCUT2D eigenvalue weighted by Crippen LogP contribution is -2.15. The Kier molecular flexibility index (Phi) is 5.05. The van der Waals surface area contributed by atoms with Crippen molar-refractivity contribution >= 4 is 0 Å². The van der Waals surface area contributed by atoms with Gasteiger partial charge in [0.1, 0.15) is 17.2 Å². The molecule has 0 aliphatic carbocycles. The minimum Gasteiger partial charge on any atom is -0.496 e. The van der Waals surface area contributed by atoms with Crippen LogP contribution in [-0.2, 0) is 20.1 Å². The Morgan fingerprint density at radius 1 is 1.05 bits per heavy atom. The summed E-state index contributed by atoms with van der Waals surface area (Å²) in [5.41, 5.74) is 1.95. The Bertz CT molecular complexity index is 571. The molecule has 1 N–H and O–H groups in total. The zero-order valence-electron chi connectivity index (χ0n) is 12.8. The number of benzene rings is 1. The fourth-order valence-corrected chi connectivity index (χ4v) is 2.13. The molecule has 2 aromatic rings. The highest BCUT2D eigenvalue weighted by Gasteiger charge is 2.13. The zero-order chi connectivity index (χ0) is 15.2. The van der Waals surface area contributed by atoms with E-state index in [1.54, 1.807) is 26.0 Å². The van der Waals surface area contributed by atoms with Crippen molar-refractivity contribution in [1.82, 2.24) is 15.1 Å². The highest BCUT2D eigenvalue weighted by molar-refractivity contribution is 5.50. The molecular weight excluding hydrogens is 270 g/mol. The molecule has 0 aliphatic heterocycles. The normalized spacial score (nSPS) is 10.5. The molecule has 1 aromatic carbocycles. The van der Waals surface area contributed by atoms with Crippen LogP contribution in [0.4, 0.5) is 0 Å². The maximum absolute atomic E-state index is 5.42. The largest absolute Gasteiger partial charge is 0.496 e. The summed E-state index contributed by atoms with van der Waals surface area (Å²) in [6, 6.07) is 5.68. The molecule has 0 aliphatic rings. The molecule has 1 heterocycles. The summed E-state index contributed by atoms with van der Waals surface area (Å²) in [6.45, 7) is 1.30. The van der Waals surface area contributed by atoms with Crippen LogP contribution in [0, 0.1) is 0 Å². The van der Waals surface area contributed by atoms with E-state index in [9.17, 15) is 0 Å². The molecule has 0 unspecified atom stereocenters. The summed E-state index contributed by atoms with van der Waals surface area (Å²) in [6.07, 6.45) is 1.92. The number of aromatic nitrogens is 2. The summed E-state index contributed by atoms with van der Waals surface area (Å²) in [5, 5.41) is 7.67. The molecule has 0 saturated carbocycles. The van der Waals surface area contributed by atoms with Crippen LogP contribution in [0.25, 0.3) is 0 Å². The number of methoxy groups -OCH3 is 3. The molecule has 6 heteroatoms. The number of hydrogen-bond acceptors (Lipinski definition) is 5. The van der Waals surface area contributed by atoms with E-state index in [-0.39, 0.29) is 0 Å². The third kappa shape index (κ3) is 3.66. The van der Waals surface area contributed by atoms with Crippen molar-refractivity contribution in [2.24, 2.45) is 7.05 Å². The quantitative estimate of drug-likeness (QED) is 0.842. The van der Waals surface area contributed by atoms with E-state index in [1.165, 1.54) is 0 Å². The minimum atomic E-state index is 0.618. The van der Waals surface area contributed by atoms with E-state index in [0.29, 0.717) is 18.8 Å². The van der Waals surface area contributed by atoms with Crippen LogP contribution < -0.4 is 19.5 Å². The van der Waals surface area contributed by atoms with Gasteiger partial charge < -0.3 is 19.5 Å². The van der Waals surface area contributed by atoms with Gasteiger partial charge in [-0.2, -0.15) is 5.10 Å². The Morgan fingerprint density at radius 2 is 1.71 bits per heavy atom. The number of aryl methyl sites for hydroxylation is 1. The SMILES string of the molecule is COc1cc(OC)c(CNCc2ccn(C)n2)c(OC)c1. The lowest BCUT2D eigenvalue weighted by Gasteiger charge is -2.15. The average Bonchev–Trinajstić information content (AvgIpc) is 2.92. The molecule has 2 rings (SSSR count). The third-order valence-corrected chi connectivity index (χ3v) is 3.19. The van der Waals surface area contributed by atoms with Crippen molar-refractivity contribution in [3.8, 4) is 17.2 Å². The van der Waals surface area contributed by atoms with E-state index in [4.69, 9.17) is 14.2 Å². The van der Waals surface area contributed by atoms with E-state index < -0.39 is 0 Å². The Balaban J connectivity index is 2.10. The van der Waals surface area contributed by atoms with Crippen LogP contribution in [0.2, 0.25) is 0 Å². The molecular formula is C15H21N3O3. The first kappa shape index (κ1) is 15.2. The highest BCUT2D eigenvalue weighted by atomic mass is 16.5. The van der Waals surface area contributed by atoms with Crippen LogP contribution in [0.3, 0.4) is 0 Å². The van der Waals surface area contributed by atoms with Crippen LogP contribution in [0.15, 0.2) is 24.4 Å². The predicted octanol–water partition coefficient (Wildman–Crippen LogP) is 1.74. The standard InChI is InChI=1S/C15H21N3O3/c1-18-6-5-11(17-18)9-16-10-13-14(20-3)7-12(19-2)8-15(13)21-4/h5-8,16H,9-10H2,1-4H3. The number of hydrogen-bond donors (Lipinski definition) is 1. The van der Waals surface area contributed by atoms with E-state index in [2.05, 4.69) is 10.4 Å². The zero-order valence-corrected chi connectivity index (χ0v) is 12.8. The molecule has 0 radical (unpaired) electrons. The van der Waals surface area contributed by atoms with Crippen LogP contribution in [0.5, 0.6) is 17.2 Å². The van der Waals surface area contributed by atoms with E-state index >= 15 is 0 Å². The Hall–Kier alpha value is -2.21. The molecule has 6 nitrogen and oxygen atoms in total. The average molecular weight is 291 g/mol. The van der Waals surface area contributed by atoms with Gasteiger partial charge in [0.2, 0.25) is 0 Å². The van der Waals surface area contributed by atoms with Gasteiger partial charge in [0.15, 0.2) is 0 Å². The molecule has 0 atom stereocenters. The third-order valence-electron chi connectivity index (χ3n) is 3.19. The summed E-state index contributed by atoms with van der Waals surface area (Å²) >= 11 is 0. The number of rotatable bonds is 7. The second-order valence-electron chi connectivity index (χ2n) is 4.59. The van der Waals surface area contributed by atoms with Crippen molar-refractivity contribution in [1.29, 1.82) is 0 Å². The fraction of sp³-hybridized carbons (Fsp3) is 0.400. The van der Waals surface area contributed by atoms with Crippen molar-refractivity contribution < 1.29 is 14.2 Å². The monoisotopic (exact) mass is 291 g/mol. The second-order valence-corrected chi connectivity index (χ2v) is 4.59. The first-order chi connectivity index (χ1) is 10.2. The molecule has 0 fully saturated rings. The topological polar surface area (TPSA) is 57.5 Å². The molecule has 114 valence electrons. The molecule has 0 spiro atoms. The summed E-state index contributed by atoms with van der Waals surface area (Å²) in [5.74, 6) is 2.18. The van der Waals surface area contributed by atoms with Gasteiger partial charge in [-0.3, -0.25) is 4.68 Å². The van der Waals surface area contributed by atoms with Crippen LogP contribution >= 0.6 is 0 Å². The van der Waals surface area contributed by atoms with Crippen molar-refractivity contribution in [2.45, 2.75) is 13.1 Å². The maximum Gasteiger partial charge on any atom is 0.130 e. The molecule has 0 amide bonds. The van der Waals surface area contributed by atoms with E-state index in [1.807, 2.05) is 31.4 Å². The van der Waals surface area contributed by atoms with Gasteiger partial charge in [-0.05, 0) is 6.07 Å². The number of ether oxygens (including phenoxy) is 3. The predicted molar refractivity (Wildman–Crippen MR) is 79.8 cm³/mol. The van der Waals surface area contributed by atoms with Gasteiger partial charge in [0.05, 0.1) is 32.6 Å². The first-order valence-corrected chi connectivity index (χ1v) is 6.66. The highest BCUT2D eigenvalue weighted by Crippen LogP contribution is 2.33. The summed E-state index contributed by atoms with van der Waals surface area (Å²) in [7, 11) is 6.79. The van der Waals surface area contributed by atoms with E-state index in [0.717, 1.165) is 22.8 Å². The summed E-state index contributed by atoms with van der Waals surface area (Å²) in [4.78, 5) is 0. The Morgan fingerprint density at radius 3 is 2.19 bits per heavy atom. The first-order valence-electron chi connectivity index (χ1n) is 6.66. The van der Waals surface area contributed by atoms with Gasteiger partial charge in [-0.25, -0.2) is 0 Å². The van der Waals surface area contributed by atoms with Gasteiger partial charge in [-0.15, -0.1) is 0 Å². The minimum absolute atomic E-state index is 0.618. The van der Waals surface area contributed by atoms with Crippen molar-refractivity contribution in [3.05, 3.63) is 35.7 Å². The number of nitrogens with zero attached hydrogens (tertiary/aromatic N) is 2. The van der Waals surface area contributed by atoms with Gasteiger partial charge in [-0.1, -0.05) is 0 Å². The summed E-state index contributed by atoms with van der Waals surface area (Å²) < 4.78 is 17.9. The smallest absolute Gasteiger partial charge is 0.130 e. The van der Waals surface area contributed by atoms with Crippen molar-refractivity contribution in [3.63, 3.8) is 0 Å². The number of nitrogens with one attached hydrogen (secondary N) is 1. The van der Waals surface area contributed by atoms with Crippen molar-refractivity contribution in [2.75, 3.05) is 21.3 Å². The van der Waals surface area contributed by atoms with Crippen LogP contribution in [0.1, 0.15) is 11.3 Å². The van der Waals surface area contributed by atoms with Gasteiger partial charge >= 0.3 is 0 Å². The fourth-order valence-electron chi connectivity index (χ4n) is 2.13. The molecule has 21 heavy (non-hydrogen) atoms. The van der Waals surface area contributed by atoms with Crippen LogP contribution in [-0.4, -0.2) is 31.1 Å². The lowest BCUT2D eigenvalue weighted by atomic mass is 10.1.